The van der Waals surface area contributed by atoms with Crippen molar-refractivity contribution in [1.29, 1.82) is 0 Å². The molecule has 1 saturated heterocycles. The van der Waals surface area contributed by atoms with Gasteiger partial charge in [-0.1, -0.05) is 36.6 Å². The molecule has 2 rings (SSSR count). The van der Waals surface area contributed by atoms with Crippen LogP contribution in [0.4, 0.5) is 0 Å². The summed E-state index contributed by atoms with van der Waals surface area (Å²) in [5.41, 5.74) is -0.0403. The Morgan fingerprint density at radius 2 is 1.89 bits per heavy atom. The molecule has 1 atom stereocenters. The summed E-state index contributed by atoms with van der Waals surface area (Å²) in [5.74, 6) is -0.313. The van der Waals surface area contributed by atoms with Crippen LogP contribution < -0.4 is 0 Å². The number of carbonyl (C=O) groups is 2. The van der Waals surface area contributed by atoms with Crippen LogP contribution >= 0.6 is 11.6 Å². The first-order valence-corrected chi connectivity index (χ1v) is 9.63. The Hall–Kier alpha value is -1.85. The van der Waals surface area contributed by atoms with E-state index in [4.69, 9.17) is 16.3 Å². The maximum atomic E-state index is 11.8. The van der Waals surface area contributed by atoms with Gasteiger partial charge < -0.3 is 14.9 Å². The summed E-state index contributed by atoms with van der Waals surface area (Å²) in [7, 11) is 0. The van der Waals surface area contributed by atoms with Crippen LogP contribution in [-0.2, 0) is 9.53 Å². The van der Waals surface area contributed by atoms with Gasteiger partial charge in [-0.2, -0.15) is 0 Å². The molecule has 148 valence electrons. The van der Waals surface area contributed by atoms with Gasteiger partial charge >= 0.3 is 0 Å². The van der Waals surface area contributed by atoms with E-state index in [0.717, 1.165) is 32.1 Å². The molecule has 1 aromatic carbocycles. The van der Waals surface area contributed by atoms with Crippen molar-refractivity contribution in [2.75, 3.05) is 0 Å². The summed E-state index contributed by atoms with van der Waals surface area (Å²) in [6.07, 6.45) is 9.01. The standard InChI is InChI=1S/C21H27ClO5/c1-13-16(12-23)19(25)15(20(26)18(13)22)10-8-6-4-5-7-9-14-11-17(24)21(2,3)27-14/h8,10,12,14,25-26H,4-7,9,11H2,1-3H3. The first kappa shape index (κ1) is 21.5. The number of aldehydes is 1. The summed E-state index contributed by atoms with van der Waals surface area (Å²) in [5, 5.41) is 20.3. The van der Waals surface area contributed by atoms with Crippen LogP contribution in [0.1, 0.15) is 73.9 Å². The molecule has 2 N–H and O–H groups in total. The van der Waals surface area contributed by atoms with Gasteiger partial charge in [0.25, 0.3) is 0 Å². The van der Waals surface area contributed by atoms with Gasteiger partial charge in [-0.25, -0.2) is 0 Å². The zero-order valence-corrected chi connectivity index (χ0v) is 16.8. The van der Waals surface area contributed by atoms with Gasteiger partial charge in [0.05, 0.1) is 22.3 Å². The summed E-state index contributed by atoms with van der Waals surface area (Å²) < 4.78 is 5.76. The Balaban J connectivity index is 1.81. The van der Waals surface area contributed by atoms with Crippen molar-refractivity contribution in [3.8, 4) is 11.5 Å². The van der Waals surface area contributed by atoms with E-state index in [9.17, 15) is 19.8 Å². The summed E-state index contributed by atoms with van der Waals surface area (Å²) in [4.78, 5) is 22.9. The molecule has 1 heterocycles. The SMILES string of the molecule is Cc1c(Cl)c(O)c(C=CCCCCCC2CC(=O)C(C)(C)O2)c(O)c1C=O. The van der Waals surface area contributed by atoms with Crippen molar-refractivity contribution in [2.24, 2.45) is 0 Å². The largest absolute Gasteiger partial charge is 0.506 e. The topological polar surface area (TPSA) is 83.8 Å². The van der Waals surface area contributed by atoms with Crippen LogP contribution in [0, 0.1) is 6.92 Å². The van der Waals surface area contributed by atoms with E-state index in [1.165, 1.54) is 0 Å². The monoisotopic (exact) mass is 394 g/mol. The highest BCUT2D eigenvalue weighted by molar-refractivity contribution is 6.33. The number of unbranched alkanes of at least 4 members (excludes halogenated alkanes) is 3. The molecule has 1 aliphatic heterocycles. The smallest absolute Gasteiger partial charge is 0.166 e. The third-order valence-corrected chi connectivity index (χ3v) is 5.51. The molecule has 0 spiro atoms. The number of allylic oxidation sites excluding steroid dienone is 1. The second-order valence-corrected chi connectivity index (χ2v) is 7.88. The van der Waals surface area contributed by atoms with E-state index in [1.807, 2.05) is 19.9 Å². The molecule has 6 heteroatoms. The number of halogens is 1. The lowest BCUT2D eigenvalue weighted by molar-refractivity contribution is -0.129. The molecule has 0 aromatic heterocycles. The molecule has 0 radical (unpaired) electrons. The first-order valence-electron chi connectivity index (χ1n) is 9.25. The number of phenolic OH excluding ortho intramolecular Hbond substituents is 2. The predicted octanol–water partition coefficient (Wildman–Crippen LogP) is 4.97. The third-order valence-electron chi connectivity index (χ3n) is 5.05. The lowest BCUT2D eigenvalue weighted by Gasteiger charge is -2.17. The van der Waals surface area contributed by atoms with Gasteiger partial charge in [0.15, 0.2) is 12.1 Å². The van der Waals surface area contributed by atoms with Crippen LogP contribution in [0.15, 0.2) is 6.08 Å². The highest BCUT2D eigenvalue weighted by Crippen LogP contribution is 2.40. The summed E-state index contributed by atoms with van der Waals surface area (Å²) >= 11 is 6.02. The van der Waals surface area contributed by atoms with Crippen LogP contribution in [-0.4, -0.2) is 34.0 Å². The van der Waals surface area contributed by atoms with Gasteiger partial charge in [0.2, 0.25) is 0 Å². The summed E-state index contributed by atoms with van der Waals surface area (Å²) in [6, 6.07) is 0. The molecule has 1 aliphatic rings. The fraction of sp³-hybridized carbons (Fsp3) is 0.524. The second-order valence-electron chi connectivity index (χ2n) is 7.50. The maximum absolute atomic E-state index is 11.8. The maximum Gasteiger partial charge on any atom is 0.166 e. The van der Waals surface area contributed by atoms with Crippen molar-refractivity contribution in [2.45, 2.75) is 71.0 Å². The van der Waals surface area contributed by atoms with Crippen molar-refractivity contribution < 1.29 is 24.5 Å². The van der Waals surface area contributed by atoms with Crippen molar-refractivity contribution in [1.82, 2.24) is 0 Å². The zero-order valence-electron chi connectivity index (χ0n) is 16.0. The Kier molecular flexibility index (Phi) is 7.06. The normalized spacial score (nSPS) is 19.1. The number of benzene rings is 1. The molecular formula is C21H27ClO5. The molecule has 27 heavy (non-hydrogen) atoms. The lowest BCUT2D eigenvalue weighted by Crippen LogP contribution is -2.27. The van der Waals surface area contributed by atoms with E-state index in [-0.39, 0.29) is 39.5 Å². The second kappa shape index (κ2) is 8.89. The van der Waals surface area contributed by atoms with Crippen molar-refractivity contribution >= 4 is 29.7 Å². The minimum atomic E-state index is -0.646. The van der Waals surface area contributed by atoms with Gasteiger partial charge in [-0.15, -0.1) is 0 Å². The highest BCUT2D eigenvalue weighted by Gasteiger charge is 2.39. The first-order chi connectivity index (χ1) is 12.7. The fourth-order valence-corrected chi connectivity index (χ4v) is 3.50. The van der Waals surface area contributed by atoms with E-state index >= 15 is 0 Å². The molecule has 1 unspecified atom stereocenters. The molecule has 1 aromatic rings. The predicted molar refractivity (Wildman–Crippen MR) is 106 cm³/mol. The molecule has 1 fully saturated rings. The number of phenols is 2. The fourth-order valence-electron chi connectivity index (χ4n) is 3.30. The number of hydrogen-bond acceptors (Lipinski definition) is 5. The minimum Gasteiger partial charge on any atom is -0.506 e. The van der Waals surface area contributed by atoms with Crippen LogP contribution in [0.5, 0.6) is 11.5 Å². The van der Waals surface area contributed by atoms with E-state index in [1.54, 1.807) is 13.0 Å². The Morgan fingerprint density at radius 1 is 1.19 bits per heavy atom. The average Bonchev–Trinajstić information content (AvgIpc) is 2.87. The minimum absolute atomic E-state index is 0.0217. The molecular weight excluding hydrogens is 368 g/mol. The molecule has 0 saturated carbocycles. The number of ether oxygens (including phenoxy) is 1. The third kappa shape index (κ3) is 4.90. The zero-order chi connectivity index (χ0) is 20.2. The Bertz CT molecular complexity index is 752. The van der Waals surface area contributed by atoms with E-state index in [0.29, 0.717) is 18.3 Å². The van der Waals surface area contributed by atoms with E-state index in [2.05, 4.69) is 0 Å². The number of aromatic hydroxyl groups is 2. The quantitative estimate of drug-likeness (QED) is 0.480. The number of hydrogen-bond donors (Lipinski definition) is 2. The van der Waals surface area contributed by atoms with Gasteiger partial charge in [0.1, 0.15) is 17.1 Å². The highest BCUT2D eigenvalue weighted by atomic mass is 35.5. The number of ketones is 1. The van der Waals surface area contributed by atoms with Gasteiger partial charge in [-0.3, -0.25) is 9.59 Å². The number of carbonyl (C=O) groups excluding carboxylic acids is 2. The molecule has 0 bridgehead atoms. The molecule has 0 aliphatic carbocycles. The van der Waals surface area contributed by atoms with Crippen molar-refractivity contribution in [3.05, 3.63) is 27.8 Å². The Labute approximate surface area is 165 Å². The summed E-state index contributed by atoms with van der Waals surface area (Å²) in [6.45, 7) is 5.21. The molecule has 5 nitrogen and oxygen atoms in total. The van der Waals surface area contributed by atoms with Gasteiger partial charge in [0, 0.05) is 6.42 Å². The van der Waals surface area contributed by atoms with Gasteiger partial charge in [-0.05, 0) is 45.6 Å². The lowest BCUT2D eigenvalue weighted by atomic mass is 10.0. The molecule has 0 amide bonds. The van der Waals surface area contributed by atoms with Crippen LogP contribution in [0.25, 0.3) is 6.08 Å². The Morgan fingerprint density at radius 3 is 2.48 bits per heavy atom. The van der Waals surface area contributed by atoms with Crippen molar-refractivity contribution in [3.63, 3.8) is 0 Å². The van der Waals surface area contributed by atoms with Crippen LogP contribution in [0.3, 0.4) is 0 Å². The van der Waals surface area contributed by atoms with Crippen LogP contribution in [0.2, 0.25) is 5.02 Å². The number of Topliss-reactive ketones (excluding diaryl/α,β-unsaturated/α-hetero) is 1. The number of rotatable bonds is 8. The van der Waals surface area contributed by atoms with E-state index < -0.39 is 5.60 Å². The average molecular weight is 395 g/mol.